The minimum Gasteiger partial charge on any atom is -0.289 e. The molecule has 0 N–H and O–H groups in total. The average molecular weight is 228 g/mol. The van der Waals surface area contributed by atoms with E-state index in [2.05, 4.69) is 18.8 Å². The molecule has 0 saturated carbocycles. The molecule has 0 aliphatic heterocycles. The molecule has 0 amide bonds. The van der Waals surface area contributed by atoms with Gasteiger partial charge in [0.05, 0.1) is 5.02 Å². The molecule has 0 aromatic heterocycles. The first-order valence-electron chi connectivity index (χ1n) is 5.06. The van der Waals surface area contributed by atoms with Crippen molar-refractivity contribution in [2.45, 2.75) is 20.8 Å². The van der Waals surface area contributed by atoms with Crippen molar-refractivity contribution >= 4 is 17.3 Å². The van der Waals surface area contributed by atoms with Crippen LogP contribution in [0.1, 0.15) is 26.3 Å². The lowest BCUT2D eigenvalue weighted by molar-refractivity contribution is 0.628. The highest BCUT2D eigenvalue weighted by molar-refractivity contribution is 6.31. The fourth-order valence-electron chi connectivity index (χ4n) is 1.43. The maximum Gasteiger partial charge on any atom is 0.141 e. The molecule has 1 rings (SSSR count). The Labute approximate surface area is 95.0 Å². The van der Waals surface area contributed by atoms with Gasteiger partial charge in [0.1, 0.15) is 5.82 Å². The van der Waals surface area contributed by atoms with Gasteiger partial charge < -0.3 is 0 Å². The first-order valence-corrected chi connectivity index (χ1v) is 5.43. The predicted molar refractivity (Wildman–Crippen MR) is 63.3 cm³/mol. The highest BCUT2D eigenvalue weighted by atomic mass is 35.5. The molecule has 0 bridgehead atoms. The van der Waals surface area contributed by atoms with Crippen LogP contribution in [-0.2, 0) is 0 Å². The monoisotopic (exact) mass is 227 g/mol. The Morgan fingerprint density at radius 2 is 2.13 bits per heavy atom. The van der Waals surface area contributed by atoms with Crippen LogP contribution in [0, 0.1) is 11.7 Å². The van der Waals surface area contributed by atoms with Crippen LogP contribution in [0.15, 0.2) is 23.2 Å². The Balaban J connectivity index is 3.13. The largest absolute Gasteiger partial charge is 0.289 e. The summed E-state index contributed by atoms with van der Waals surface area (Å²) in [5.41, 5.74) is 1.87. The molecule has 0 saturated heterocycles. The molecule has 0 spiro atoms. The normalized spacial score (nSPS) is 12.3. The molecule has 1 nitrogen and oxygen atoms in total. The lowest BCUT2D eigenvalue weighted by atomic mass is 10.00. The zero-order chi connectivity index (χ0) is 11.4. The summed E-state index contributed by atoms with van der Waals surface area (Å²) in [6.07, 6.45) is 0. The third-order valence-corrected chi connectivity index (χ3v) is 2.38. The van der Waals surface area contributed by atoms with Crippen molar-refractivity contribution in [2.24, 2.45) is 10.9 Å². The molecule has 1 aromatic carbocycles. The summed E-state index contributed by atoms with van der Waals surface area (Å²) in [7, 11) is 0. The van der Waals surface area contributed by atoms with Crippen LogP contribution in [0.5, 0.6) is 0 Å². The van der Waals surface area contributed by atoms with Crippen molar-refractivity contribution in [1.29, 1.82) is 0 Å². The summed E-state index contributed by atoms with van der Waals surface area (Å²) in [5, 5.41) is 0.150. The molecule has 15 heavy (non-hydrogen) atoms. The molecule has 0 unspecified atom stereocenters. The van der Waals surface area contributed by atoms with Gasteiger partial charge in [0.2, 0.25) is 0 Å². The van der Waals surface area contributed by atoms with E-state index in [1.165, 1.54) is 6.07 Å². The molecular formula is C12H15ClFN. The van der Waals surface area contributed by atoms with Gasteiger partial charge in [-0.15, -0.1) is 0 Å². The summed E-state index contributed by atoms with van der Waals surface area (Å²) < 4.78 is 13.0. The van der Waals surface area contributed by atoms with Crippen molar-refractivity contribution in [2.75, 3.05) is 6.54 Å². The van der Waals surface area contributed by atoms with Crippen molar-refractivity contribution < 1.29 is 4.39 Å². The number of nitrogens with zero attached hydrogens (tertiary/aromatic N) is 1. The quantitative estimate of drug-likeness (QED) is 0.694. The van der Waals surface area contributed by atoms with Crippen LogP contribution in [0.3, 0.4) is 0 Å². The fraction of sp³-hybridized carbons (Fsp3) is 0.417. The second-order valence-corrected chi connectivity index (χ2v) is 4.05. The highest BCUT2D eigenvalue weighted by Gasteiger charge is 2.10. The van der Waals surface area contributed by atoms with E-state index in [0.717, 1.165) is 17.8 Å². The van der Waals surface area contributed by atoms with Gasteiger partial charge in [0, 0.05) is 12.3 Å². The number of benzene rings is 1. The summed E-state index contributed by atoms with van der Waals surface area (Å²) in [6, 6.07) is 4.73. The van der Waals surface area contributed by atoms with E-state index in [-0.39, 0.29) is 10.8 Å². The SMILES string of the molecule is CCN=C(c1ccc(F)c(Cl)c1)C(C)C. The Morgan fingerprint density at radius 3 is 2.60 bits per heavy atom. The molecule has 1 aromatic rings. The fourth-order valence-corrected chi connectivity index (χ4v) is 1.61. The van der Waals surface area contributed by atoms with Crippen LogP contribution < -0.4 is 0 Å². The third-order valence-electron chi connectivity index (χ3n) is 2.09. The number of hydrogen-bond donors (Lipinski definition) is 0. The van der Waals surface area contributed by atoms with Gasteiger partial charge in [-0.1, -0.05) is 31.5 Å². The zero-order valence-electron chi connectivity index (χ0n) is 9.22. The summed E-state index contributed by atoms with van der Waals surface area (Å²) in [4.78, 5) is 4.40. The smallest absolute Gasteiger partial charge is 0.141 e. The number of hydrogen-bond acceptors (Lipinski definition) is 1. The van der Waals surface area contributed by atoms with Gasteiger partial charge in [-0.25, -0.2) is 4.39 Å². The van der Waals surface area contributed by atoms with Crippen LogP contribution in [-0.4, -0.2) is 12.3 Å². The Kier molecular flexibility index (Phi) is 4.28. The first kappa shape index (κ1) is 12.2. The van der Waals surface area contributed by atoms with Gasteiger partial charge >= 0.3 is 0 Å². The van der Waals surface area contributed by atoms with E-state index in [1.807, 2.05) is 6.92 Å². The average Bonchev–Trinajstić information content (AvgIpc) is 2.18. The summed E-state index contributed by atoms with van der Waals surface area (Å²) in [5.74, 6) is -0.0773. The van der Waals surface area contributed by atoms with Crippen LogP contribution in [0.2, 0.25) is 5.02 Å². The van der Waals surface area contributed by atoms with Crippen molar-refractivity contribution in [3.8, 4) is 0 Å². The maximum absolute atomic E-state index is 13.0. The number of rotatable bonds is 3. The number of halogens is 2. The van der Waals surface area contributed by atoms with Crippen molar-refractivity contribution in [1.82, 2.24) is 0 Å². The summed E-state index contributed by atoms with van der Waals surface area (Å²) in [6.45, 7) is 6.83. The van der Waals surface area contributed by atoms with Crippen molar-refractivity contribution in [3.05, 3.63) is 34.6 Å². The molecule has 0 fully saturated rings. The standard InChI is InChI=1S/C12H15ClFN/c1-4-15-12(8(2)3)9-5-6-11(14)10(13)7-9/h5-8H,4H2,1-3H3. The van der Waals surface area contributed by atoms with E-state index in [9.17, 15) is 4.39 Å². The Bertz CT molecular complexity index is 372. The molecule has 3 heteroatoms. The van der Waals surface area contributed by atoms with Crippen LogP contribution >= 0.6 is 11.6 Å². The topological polar surface area (TPSA) is 12.4 Å². The Hall–Kier alpha value is -0.890. The lowest BCUT2D eigenvalue weighted by Crippen LogP contribution is -2.10. The van der Waals surface area contributed by atoms with E-state index >= 15 is 0 Å². The molecular weight excluding hydrogens is 213 g/mol. The van der Waals surface area contributed by atoms with Gasteiger partial charge in [-0.2, -0.15) is 0 Å². The van der Waals surface area contributed by atoms with Crippen LogP contribution in [0.25, 0.3) is 0 Å². The van der Waals surface area contributed by atoms with E-state index in [4.69, 9.17) is 11.6 Å². The van der Waals surface area contributed by atoms with E-state index in [0.29, 0.717) is 5.92 Å². The summed E-state index contributed by atoms with van der Waals surface area (Å²) >= 11 is 5.73. The molecule has 82 valence electrons. The maximum atomic E-state index is 13.0. The van der Waals surface area contributed by atoms with Gasteiger partial charge in [0.15, 0.2) is 0 Å². The molecule has 0 aliphatic carbocycles. The van der Waals surface area contributed by atoms with Crippen LogP contribution in [0.4, 0.5) is 4.39 Å². The highest BCUT2D eigenvalue weighted by Crippen LogP contribution is 2.19. The molecule has 0 radical (unpaired) electrons. The minimum absolute atomic E-state index is 0.150. The number of aliphatic imine (C=N–C) groups is 1. The third kappa shape index (κ3) is 3.03. The minimum atomic E-state index is -0.389. The van der Waals surface area contributed by atoms with Gasteiger partial charge in [-0.3, -0.25) is 4.99 Å². The van der Waals surface area contributed by atoms with Crippen molar-refractivity contribution in [3.63, 3.8) is 0 Å². The van der Waals surface area contributed by atoms with E-state index in [1.54, 1.807) is 12.1 Å². The predicted octanol–water partition coefficient (Wildman–Crippen LogP) is 3.94. The lowest BCUT2D eigenvalue weighted by Gasteiger charge is -2.10. The van der Waals surface area contributed by atoms with Gasteiger partial charge in [-0.05, 0) is 30.5 Å². The van der Waals surface area contributed by atoms with E-state index < -0.39 is 0 Å². The second-order valence-electron chi connectivity index (χ2n) is 3.64. The second kappa shape index (κ2) is 5.26. The first-order chi connectivity index (χ1) is 7.06. The molecule has 0 aliphatic rings. The Morgan fingerprint density at radius 1 is 1.47 bits per heavy atom. The van der Waals surface area contributed by atoms with Gasteiger partial charge in [0.25, 0.3) is 0 Å². The molecule has 0 atom stereocenters. The molecule has 0 heterocycles. The zero-order valence-corrected chi connectivity index (χ0v) is 9.98.